The van der Waals surface area contributed by atoms with E-state index in [2.05, 4.69) is 0 Å². The smallest absolute Gasteiger partial charge is 0.264 e. The van der Waals surface area contributed by atoms with Gasteiger partial charge in [0.25, 0.3) is 0 Å². The molecule has 0 heterocycles. The van der Waals surface area contributed by atoms with Gasteiger partial charge >= 0.3 is 10.4 Å². The molecule has 0 bridgehead atoms. The average Bonchev–Trinajstić information content (AvgIpc) is 0.722. The first-order valence-electron chi connectivity index (χ1n) is 0.698. The molecule has 4 nitrogen and oxygen atoms in total. The Kier molecular flexibility index (Phi) is 0.901. The summed E-state index contributed by atoms with van der Waals surface area (Å²) in [6.45, 7) is 0. The highest BCUT2D eigenvalue weighted by molar-refractivity contribution is 7.79. The first kappa shape index (κ1) is 4.87. The predicted octanol–water partition coefficient (Wildman–Crippen LogP) is -0.653. The molecule has 0 atom stereocenters. The van der Waals surface area contributed by atoms with E-state index in [0.29, 0.717) is 0 Å². The van der Waals surface area contributed by atoms with Crippen LogP contribution in [0.1, 0.15) is 0 Å². The molecule has 5 heteroatoms. The minimum Gasteiger partial charge on any atom is -0.264 e. The molecule has 0 amide bonds. The minimum atomic E-state index is -4.67. The Balaban J connectivity index is 4.06. The van der Waals surface area contributed by atoms with Crippen LogP contribution in [0.2, 0.25) is 0 Å². The van der Waals surface area contributed by atoms with Crippen LogP contribution in [-0.4, -0.2) is 17.5 Å². The number of hydrogen-bond acceptors (Lipinski definition) is 2. The third-order valence-corrected chi connectivity index (χ3v) is 0. The monoisotopic (exact) mass is 106 g/mol. The molecule has 0 radical (unpaired) electrons. The molecule has 0 aliphatic carbocycles. The first-order valence-corrected chi connectivity index (χ1v) is 2.10. The molecule has 0 aliphatic rings. The van der Waals surface area contributed by atoms with Crippen LogP contribution in [0.25, 0.3) is 0 Å². The highest BCUT2D eigenvalue weighted by Crippen LogP contribution is 1.59. The Labute approximate surface area is 29.0 Å². The molecule has 0 saturated carbocycles. The van der Waals surface area contributed by atoms with Crippen molar-refractivity contribution in [3.63, 3.8) is 0 Å². The summed E-state index contributed by atoms with van der Waals surface area (Å²) >= 11 is 0. The maximum Gasteiger partial charge on any atom is 0.394 e. The van der Waals surface area contributed by atoms with Crippen molar-refractivity contribution in [1.82, 2.24) is 0 Å². The predicted molar refractivity (Wildman–Crippen MR) is 14.2 cm³/mol. The minimum absolute atomic E-state index is 4.67. The van der Waals surface area contributed by atoms with E-state index in [1.165, 1.54) is 0 Å². The summed E-state index contributed by atoms with van der Waals surface area (Å²) in [5.74, 6) is 0. The van der Waals surface area contributed by atoms with E-state index in [0.717, 1.165) is 0 Å². The maximum absolute atomic E-state index is 8.74. The summed E-state index contributed by atoms with van der Waals surface area (Å²) in [7, 11) is -4.67. The Bertz CT molecular complexity index is 86.8. The van der Waals surface area contributed by atoms with Crippen LogP contribution in [0.5, 0.6) is 0 Å². The van der Waals surface area contributed by atoms with Crippen molar-refractivity contribution in [2.75, 3.05) is 0 Å². The molecular weight excluding hydrogens is 104 g/mol. The highest BCUT2D eigenvalue weighted by atomic mass is 32.3. The molecule has 2 N–H and O–H groups in total. The molecule has 0 rings (SSSR count). The van der Waals surface area contributed by atoms with Crippen molar-refractivity contribution >= 4 is 10.4 Å². The Morgan fingerprint density at radius 2 is 1.20 bits per heavy atom. The second-order valence-electron chi connectivity index (χ2n) is 0.448. The lowest BCUT2D eigenvalue weighted by atomic mass is 17.8. The van der Waals surface area contributed by atoms with Crippen LogP contribution in [0.4, 0.5) is 0 Å². The summed E-state index contributed by atoms with van der Waals surface area (Å²) in [6, 6.07) is 0. The summed E-state index contributed by atoms with van der Waals surface area (Å²) in [5.41, 5.74) is 0. The van der Waals surface area contributed by atoms with Gasteiger partial charge in [-0.05, 0) is 0 Å². The van der Waals surface area contributed by atoms with Crippen molar-refractivity contribution < 1.29 is 17.5 Å². The quantitative estimate of drug-likeness (QED) is 0.318. The molecule has 0 aromatic heterocycles. The fourth-order valence-electron chi connectivity index (χ4n) is 0. The van der Waals surface area contributed by atoms with Gasteiger partial charge in [0.2, 0.25) is 0 Å². The molecule has 5 heavy (non-hydrogen) atoms. The van der Waals surface area contributed by atoms with Crippen molar-refractivity contribution in [1.29, 1.82) is 0 Å². The first-order chi connectivity index (χ1) is 2.00. The van der Waals surface area contributed by atoms with E-state index in [9.17, 15) is 0 Å². The Hall–Kier alpha value is -0.130. The van der Waals surface area contributed by atoms with Crippen LogP contribution in [0.3, 0.4) is 0 Å². The van der Waals surface area contributed by atoms with Gasteiger partial charge in [-0.1, -0.05) is 0 Å². The molecule has 0 spiro atoms. The number of hydrogen-bond donors (Lipinski definition) is 2. The van der Waals surface area contributed by atoms with Crippen molar-refractivity contribution in [2.45, 2.75) is 0 Å². The van der Waals surface area contributed by atoms with Crippen LogP contribution in [0.15, 0.2) is 0 Å². The zero-order chi connectivity index (χ0) is 4.50. The normalized spacial score (nSPS) is 11.6. The van der Waals surface area contributed by atoms with Gasteiger partial charge < -0.3 is 0 Å². The average molecular weight is 106 g/mol. The zero-order valence-electron chi connectivity index (χ0n) is 2.12. The van der Waals surface area contributed by atoms with Crippen LogP contribution >= 0.6 is 0 Å². The van der Waals surface area contributed by atoms with E-state index >= 15 is 0 Å². The topological polar surface area (TPSA) is 74.6 Å². The van der Waals surface area contributed by atoms with Crippen molar-refractivity contribution in [3.8, 4) is 0 Å². The van der Waals surface area contributed by atoms with E-state index in [1.54, 1.807) is 0 Å². The van der Waals surface area contributed by atoms with Gasteiger partial charge in [-0.2, -0.15) is 8.42 Å². The highest BCUT2D eigenvalue weighted by Gasteiger charge is 1.84. The second kappa shape index (κ2) is 0.925. The van der Waals surface area contributed by atoms with Gasteiger partial charge in [0.15, 0.2) is 0 Å². The lowest BCUT2D eigenvalue weighted by molar-refractivity contribution is 0.381. The molecule has 0 aromatic carbocycles. The summed E-state index contributed by atoms with van der Waals surface area (Å²) < 4.78 is 31.6. The molecule has 32 valence electrons. The fraction of sp³-hybridized carbons (Fsp3) is 0. The van der Waals surface area contributed by atoms with Gasteiger partial charge in [-0.3, -0.25) is 9.11 Å². The van der Waals surface area contributed by atoms with Gasteiger partial charge in [-0.25, -0.2) is 0 Å². The second-order valence-corrected chi connectivity index (χ2v) is 1.34. The third-order valence-electron chi connectivity index (χ3n) is 0. The van der Waals surface area contributed by atoms with Gasteiger partial charge in [0, 0.05) is 0 Å². The van der Waals surface area contributed by atoms with Gasteiger partial charge in [-0.15, -0.1) is 0 Å². The summed E-state index contributed by atoms with van der Waals surface area (Å²) in [5, 5.41) is 0. The third kappa shape index (κ3) is 801. The van der Waals surface area contributed by atoms with Gasteiger partial charge in [0.1, 0.15) is 0 Å². The van der Waals surface area contributed by atoms with Crippen molar-refractivity contribution in [3.05, 3.63) is 0 Å². The van der Waals surface area contributed by atoms with E-state index < -0.39 is 10.4 Å². The molecule has 0 aromatic rings. The van der Waals surface area contributed by atoms with Crippen LogP contribution in [-0.2, 0) is 10.4 Å². The molecule has 0 unspecified atom stereocenters. The lowest BCUT2D eigenvalue weighted by Gasteiger charge is -1.68. The Morgan fingerprint density at radius 1 is 1.20 bits per heavy atom. The van der Waals surface area contributed by atoms with E-state index in [-0.39, 0.29) is 0 Å². The fourth-order valence-corrected chi connectivity index (χ4v) is 0. The van der Waals surface area contributed by atoms with Crippen molar-refractivity contribution in [2.24, 2.45) is 0 Å². The molecule has 0 fully saturated rings. The molecule has 0 saturated heterocycles. The molecule has 0 aliphatic heterocycles. The van der Waals surface area contributed by atoms with Crippen LogP contribution < -0.4 is 0 Å². The largest absolute Gasteiger partial charge is 0.394 e. The number of rotatable bonds is 0. The standard InChI is InChI=1S/H2O4S/c1-5(2,3)4/h(H2,1,2,3,4)/i1+2,2+2,3+2,4+2. The lowest BCUT2D eigenvalue weighted by Crippen LogP contribution is -1.89. The summed E-state index contributed by atoms with van der Waals surface area (Å²) in [6.07, 6.45) is 0. The van der Waals surface area contributed by atoms with Crippen LogP contribution in [0, 0.1) is 0 Å². The van der Waals surface area contributed by atoms with E-state index in [4.69, 9.17) is 17.5 Å². The Morgan fingerprint density at radius 3 is 1.20 bits per heavy atom. The van der Waals surface area contributed by atoms with E-state index in [1.807, 2.05) is 0 Å². The summed E-state index contributed by atoms with van der Waals surface area (Å²) in [4.78, 5) is 0. The maximum atomic E-state index is 8.74. The SMILES string of the molecule is [18O]=S(=[18O])([18OH])[18OH]. The molecular formula is H2O4S. The van der Waals surface area contributed by atoms with Gasteiger partial charge in [0.05, 0.1) is 0 Å². The zero-order valence-corrected chi connectivity index (χ0v) is 2.94.